The van der Waals surface area contributed by atoms with Gasteiger partial charge in [-0.05, 0) is 22.2 Å². The number of rotatable bonds is 1. The summed E-state index contributed by atoms with van der Waals surface area (Å²) >= 11 is 4.92. The lowest BCUT2D eigenvalue weighted by molar-refractivity contribution is 1.10. The van der Waals surface area contributed by atoms with Crippen LogP contribution >= 0.6 is 27.7 Å². The minimum atomic E-state index is 0.819. The molecule has 0 aliphatic heterocycles. The first-order chi connectivity index (χ1) is 5.79. The monoisotopic (exact) mass is 243 g/mol. The first kappa shape index (κ1) is 8.07. The van der Waals surface area contributed by atoms with Crippen molar-refractivity contribution in [3.63, 3.8) is 0 Å². The van der Waals surface area contributed by atoms with Crippen LogP contribution in [-0.2, 0) is 0 Å². The van der Waals surface area contributed by atoms with Gasteiger partial charge in [-0.15, -0.1) is 11.8 Å². The Morgan fingerprint density at radius 2 is 2.33 bits per heavy atom. The molecule has 3 nitrogen and oxygen atoms in total. The highest BCUT2D eigenvalue weighted by atomic mass is 79.9. The van der Waals surface area contributed by atoms with Gasteiger partial charge in [-0.3, -0.25) is 0 Å². The van der Waals surface area contributed by atoms with Gasteiger partial charge in [-0.1, -0.05) is 0 Å². The number of aromatic nitrogens is 3. The van der Waals surface area contributed by atoms with Gasteiger partial charge in [-0.25, -0.2) is 9.97 Å². The number of fused-ring (bicyclic) bond motifs is 1. The lowest BCUT2D eigenvalue weighted by Gasteiger charge is -1.90. The molecule has 0 amide bonds. The lowest BCUT2D eigenvalue weighted by Crippen LogP contribution is -1.84. The minimum Gasteiger partial charge on any atom is -0.302 e. The molecule has 2 aromatic heterocycles. The molecule has 0 aromatic carbocycles. The fourth-order valence-corrected chi connectivity index (χ4v) is 1.68. The Bertz CT molecular complexity index is 412. The summed E-state index contributed by atoms with van der Waals surface area (Å²) in [5.41, 5.74) is 0.877. The Hall–Kier alpha value is -0.550. The number of halogens is 1. The number of hydrogen-bond donors (Lipinski definition) is 0. The largest absolute Gasteiger partial charge is 0.302 e. The molecule has 0 saturated carbocycles. The van der Waals surface area contributed by atoms with Gasteiger partial charge in [0.25, 0.3) is 0 Å². The quantitative estimate of drug-likeness (QED) is 0.720. The molecular formula is C7H6BrN3S. The van der Waals surface area contributed by atoms with Crippen LogP contribution in [0.1, 0.15) is 0 Å². The third-order valence-electron chi connectivity index (χ3n) is 1.50. The summed E-state index contributed by atoms with van der Waals surface area (Å²) in [6.07, 6.45) is 7.61. The van der Waals surface area contributed by atoms with Crippen molar-refractivity contribution in [2.75, 3.05) is 6.26 Å². The van der Waals surface area contributed by atoms with Crippen LogP contribution in [0.2, 0.25) is 0 Å². The van der Waals surface area contributed by atoms with Crippen molar-refractivity contribution in [3.8, 4) is 0 Å². The molecule has 0 aliphatic rings. The van der Waals surface area contributed by atoms with Gasteiger partial charge >= 0.3 is 0 Å². The summed E-state index contributed by atoms with van der Waals surface area (Å²) < 4.78 is 2.77. The predicted octanol–water partition coefficient (Wildman–Crippen LogP) is 2.21. The van der Waals surface area contributed by atoms with Crippen LogP contribution in [0.25, 0.3) is 5.65 Å². The molecule has 0 radical (unpaired) electrons. The van der Waals surface area contributed by atoms with Crippen molar-refractivity contribution in [2.45, 2.75) is 5.03 Å². The van der Waals surface area contributed by atoms with Crippen LogP contribution in [0.3, 0.4) is 0 Å². The van der Waals surface area contributed by atoms with E-state index in [1.165, 1.54) is 0 Å². The highest BCUT2D eigenvalue weighted by molar-refractivity contribution is 9.10. The molecule has 0 spiro atoms. The zero-order valence-electron chi connectivity index (χ0n) is 6.36. The highest BCUT2D eigenvalue weighted by Gasteiger charge is 1.99. The fourth-order valence-electron chi connectivity index (χ4n) is 0.949. The first-order valence-electron chi connectivity index (χ1n) is 3.34. The first-order valence-corrected chi connectivity index (χ1v) is 5.35. The minimum absolute atomic E-state index is 0.819. The molecular weight excluding hydrogens is 238 g/mol. The lowest BCUT2D eigenvalue weighted by atomic mass is 10.7. The molecule has 0 unspecified atom stereocenters. The van der Waals surface area contributed by atoms with E-state index in [1.54, 1.807) is 18.0 Å². The zero-order chi connectivity index (χ0) is 8.55. The van der Waals surface area contributed by atoms with Gasteiger partial charge in [0.15, 0.2) is 5.65 Å². The molecule has 2 rings (SSSR count). The van der Waals surface area contributed by atoms with Gasteiger partial charge in [0.05, 0.1) is 6.20 Å². The second-order valence-electron chi connectivity index (χ2n) is 2.26. The molecule has 2 heterocycles. The summed E-state index contributed by atoms with van der Waals surface area (Å²) in [7, 11) is 0. The Balaban J connectivity index is 2.67. The van der Waals surface area contributed by atoms with Crippen LogP contribution in [0, 0.1) is 0 Å². The standard InChI is InChI=1S/C7H6BrN3S/c1-12-7-4-11-3-5(8)9-2-6(11)10-7/h2-4H,1H3. The zero-order valence-corrected chi connectivity index (χ0v) is 8.76. The van der Waals surface area contributed by atoms with E-state index in [0.29, 0.717) is 0 Å². The summed E-state index contributed by atoms with van der Waals surface area (Å²) in [6, 6.07) is 0. The van der Waals surface area contributed by atoms with E-state index >= 15 is 0 Å². The van der Waals surface area contributed by atoms with Gasteiger partial charge < -0.3 is 4.40 Å². The topological polar surface area (TPSA) is 30.2 Å². The molecule has 5 heteroatoms. The van der Waals surface area contributed by atoms with Crippen LogP contribution in [0.4, 0.5) is 0 Å². The second kappa shape index (κ2) is 3.06. The van der Waals surface area contributed by atoms with E-state index < -0.39 is 0 Å². The smallest absolute Gasteiger partial charge is 0.156 e. The van der Waals surface area contributed by atoms with Gasteiger partial charge in [0.1, 0.15) is 9.63 Å². The van der Waals surface area contributed by atoms with E-state index in [1.807, 2.05) is 23.1 Å². The SMILES string of the molecule is CSc1cn2cc(Br)ncc2n1. The third kappa shape index (κ3) is 1.34. The third-order valence-corrected chi connectivity index (χ3v) is 2.52. The Kier molecular flexibility index (Phi) is 2.06. The highest BCUT2D eigenvalue weighted by Crippen LogP contribution is 2.15. The average molecular weight is 244 g/mol. The molecule has 62 valence electrons. The Morgan fingerprint density at radius 1 is 1.50 bits per heavy atom. The fraction of sp³-hybridized carbons (Fsp3) is 0.143. The van der Waals surface area contributed by atoms with Crippen molar-refractivity contribution in [3.05, 3.63) is 23.2 Å². The Morgan fingerprint density at radius 3 is 3.08 bits per heavy atom. The number of thioether (sulfide) groups is 1. The second-order valence-corrected chi connectivity index (χ2v) is 3.90. The number of imidazole rings is 1. The molecule has 0 atom stereocenters. The summed E-state index contributed by atoms with van der Waals surface area (Å²) in [5, 5.41) is 1.01. The van der Waals surface area contributed by atoms with Gasteiger partial charge in [0, 0.05) is 12.4 Å². The normalized spacial score (nSPS) is 10.8. The predicted molar refractivity (Wildman–Crippen MR) is 52.5 cm³/mol. The van der Waals surface area contributed by atoms with E-state index in [9.17, 15) is 0 Å². The maximum Gasteiger partial charge on any atom is 0.156 e. The van der Waals surface area contributed by atoms with Gasteiger partial charge in [0.2, 0.25) is 0 Å². The summed E-state index contributed by atoms with van der Waals surface area (Å²) in [6.45, 7) is 0. The molecule has 0 fully saturated rings. The van der Waals surface area contributed by atoms with Crippen LogP contribution < -0.4 is 0 Å². The van der Waals surface area contributed by atoms with Crippen LogP contribution in [-0.4, -0.2) is 20.6 Å². The van der Waals surface area contributed by atoms with Crippen molar-refractivity contribution in [1.82, 2.24) is 14.4 Å². The molecule has 0 aliphatic carbocycles. The maximum absolute atomic E-state index is 4.31. The van der Waals surface area contributed by atoms with Crippen LogP contribution in [0.5, 0.6) is 0 Å². The average Bonchev–Trinajstić information content (AvgIpc) is 2.46. The van der Waals surface area contributed by atoms with Crippen molar-refractivity contribution in [2.24, 2.45) is 0 Å². The Labute approximate surface area is 82.3 Å². The van der Waals surface area contributed by atoms with Crippen LogP contribution in [0.15, 0.2) is 28.2 Å². The summed E-state index contributed by atoms with van der Waals surface area (Å²) in [4.78, 5) is 8.39. The van der Waals surface area contributed by atoms with E-state index in [4.69, 9.17) is 0 Å². The van der Waals surface area contributed by atoms with Crippen molar-refractivity contribution >= 4 is 33.3 Å². The van der Waals surface area contributed by atoms with Gasteiger partial charge in [-0.2, -0.15) is 0 Å². The molecule has 0 saturated heterocycles. The molecule has 0 N–H and O–H groups in total. The van der Waals surface area contributed by atoms with Crippen molar-refractivity contribution < 1.29 is 0 Å². The van der Waals surface area contributed by atoms with Crippen molar-refractivity contribution in [1.29, 1.82) is 0 Å². The van der Waals surface area contributed by atoms with E-state index in [0.717, 1.165) is 15.3 Å². The number of nitrogens with zero attached hydrogens (tertiary/aromatic N) is 3. The molecule has 12 heavy (non-hydrogen) atoms. The van der Waals surface area contributed by atoms with E-state index in [-0.39, 0.29) is 0 Å². The van der Waals surface area contributed by atoms with E-state index in [2.05, 4.69) is 25.9 Å². The molecule has 0 bridgehead atoms. The maximum atomic E-state index is 4.31. The summed E-state index contributed by atoms with van der Waals surface area (Å²) in [5.74, 6) is 0. The molecule has 2 aromatic rings. The number of hydrogen-bond acceptors (Lipinski definition) is 3.